The molecule has 1 aromatic carbocycles. The van der Waals surface area contributed by atoms with Gasteiger partial charge in [0.15, 0.2) is 0 Å². The van der Waals surface area contributed by atoms with E-state index in [0.717, 1.165) is 19.3 Å². The number of benzene rings is 1. The smallest absolute Gasteiger partial charge is 0.255 e. The first kappa shape index (κ1) is 15.0. The minimum atomic E-state index is -0.409. The molecule has 0 radical (unpaired) electrons. The van der Waals surface area contributed by atoms with E-state index in [9.17, 15) is 14.0 Å². The lowest BCUT2D eigenvalue weighted by atomic mass is 9.98. The fraction of sp³-hybridized carbons (Fsp3) is 0.429. The zero-order chi connectivity index (χ0) is 14.7. The number of amides is 2. The SMILES string of the molecule is NC(=O)CC1CCCCN1C(=O)c1ccc(F)cc1Br. The Hall–Kier alpha value is -1.43. The minimum absolute atomic E-state index is 0.161. The summed E-state index contributed by atoms with van der Waals surface area (Å²) in [5, 5.41) is 0. The molecule has 1 fully saturated rings. The van der Waals surface area contributed by atoms with Gasteiger partial charge < -0.3 is 10.6 Å². The average Bonchev–Trinajstić information content (AvgIpc) is 2.38. The molecule has 1 atom stereocenters. The summed E-state index contributed by atoms with van der Waals surface area (Å²) in [4.78, 5) is 25.3. The molecule has 0 saturated carbocycles. The van der Waals surface area contributed by atoms with E-state index in [0.29, 0.717) is 16.6 Å². The maximum absolute atomic E-state index is 13.1. The van der Waals surface area contributed by atoms with Crippen LogP contribution in [-0.2, 0) is 4.79 Å². The van der Waals surface area contributed by atoms with Crippen molar-refractivity contribution in [2.24, 2.45) is 5.73 Å². The van der Waals surface area contributed by atoms with Crippen LogP contribution >= 0.6 is 15.9 Å². The monoisotopic (exact) mass is 342 g/mol. The Bertz CT molecular complexity index is 536. The van der Waals surface area contributed by atoms with E-state index < -0.39 is 11.7 Å². The lowest BCUT2D eigenvalue weighted by Crippen LogP contribution is -2.45. The van der Waals surface area contributed by atoms with Crippen LogP contribution in [0.2, 0.25) is 0 Å². The predicted octanol–water partition coefficient (Wildman–Crippen LogP) is 2.46. The van der Waals surface area contributed by atoms with Gasteiger partial charge >= 0.3 is 0 Å². The zero-order valence-electron chi connectivity index (χ0n) is 10.9. The van der Waals surface area contributed by atoms with Crippen LogP contribution in [0.15, 0.2) is 22.7 Å². The summed E-state index contributed by atoms with van der Waals surface area (Å²) >= 11 is 3.21. The Morgan fingerprint density at radius 2 is 2.15 bits per heavy atom. The summed E-state index contributed by atoms with van der Waals surface area (Å²) in [6, 6.07) is 3.81. The number of nitrogens with two attached hydrogens (primary N) is 1. The van der Waals surface area contributed by atoms with Crippen molar-refractivity contribution in [2.45, 2.75) is 31.7 Å². The number of likely N-dealkylation sites (tertiary alicyclic amines) is 1. The van der Waals surface area contributed by atoms with E-state index >= 15 is 0 Å². The van der Waals surface area contributed by atoms with Gasteiger partial charge in [-0.3, -0.25) is 9.59 Å². The van der Waals surface area contributed by atoms with Crippen LogP contribution < -0.4 is 5.73 Å². The summed E-state index contributed by atoms with van der Waals surface area (Å²) in [6.45, 7) is 0.598. The van der Waals surface area contributed by atoms with Gasteiger partial charge in [-0.2, -0.15) is 0 Å². The number of halogens is 2. The van der Waals surface area contributed by atoms with Crippen molar-refractivity contribution in [1.29, 1.82) is 0 Å². The molecule has 2 rings (SSSR count). The maximum atomic E-state index is 13.1. The first-order valence-corrected chi connectivity index (χ1v) is 7.32. The fourth-order valence-electron chi connectivity index (χ4n) is 2.53. The summed E-state index contributed by atoms with van der Waals surface area (Å²) < 4.78 is 13.5. The molecule has 6 heteroatoms. The molecule has 4 nitrogen and oxygen atoms in total. The Morgan fingerprint density at radius 1 is 1.40 bits per heavy atom. The van der Waals surface area contributed by atoms with E-state index in [2.05, 4.69) is 15.9 Å². The van der Waals surface area contributed by atoms with Crippen molar-refractivity contribution in [3.63, 3.8) is 0 Å². The van der Waals surface area contributed by atoms with Gasteiger partial charge in [0.2, 0.25) is 5.91 Å². The molecule has 0 aliphatic carbocycles. The predicted molar refractivity (Wildman–Crippen MR) is 76.6 cm³/mol. The van der Waals surface area contributed by atoms with E-state index in [-0.39, 0.29) is 18.4 Å². The van der Waals surface area contributed by atoms with E-state index in [1.807, 2.05) is 0 Å². The quantitative estimate of drug-likeness (QED) is 0.916. The van der Waals surface area contributed by atoms with E-state index in [1.165, 1.54) is 18.2 Å². The molecule has 2 N–H and O–H groups in total. The van der Waals surface area contributed by atoms with Gasteiger partial charge in [-0.25, -0.2) is 4.39 Å². The summed E-state index contributed by atoms with van der Waals surface area (Å²) in [5.74, 6) is -1.00. The molecule has 1 aliphatic heterocycles. The zero-order valence-corrected chi connectivity index (χ0v) is 12.5. The molecular formula is C14H16BrFN2O2. The first-order valence-electron chi connectivity index (χ1n) is 6.53. The van der Waals surface area contributed by atoms with Gasteiger partial charge in [-0.1, -0.05) is 0 Å². The molecule has 1 unspecified atom stereocenters. The normalized spacial score (nSPS) is 18.9. The third-order valence-corrected chi connectivity index (χ3v) is 4.14. The molecule has 0 bridgehead atoms. The molecule has 0 spiro atoms. The van der Waals surface area contributed by atoms with Crippen molar-refractivity contribution in [3.05, 3.63) is 34.1 Å². The Morgan fingerprint density at radius 3 is 2.80 bits per heavy atom. The average molecular weight is 343 g/mol. The maximum Gasteiger partial charge on any atom is 0.255 e. The molecule has 108 valence electrons. The van der Waals surface area contributed by atoms with Crippen LogP contribution in [0.25, 0.3) is 0 Å². The molecule has 1 saturated heterocycles. The third kappa shape index (κ3) is 3.36. The standard InChI is InChI=1S/C14H16BrFN2O2/c15-12-7-9(16)4-5-11(12)14(20)18-6-2-1-3-10(18)8-13(17)19/h4-5,7,10H,1-3,6,8H2,(H2,17,19). The lowest BCUT2D eigenvalue weighted by Gasteiger charge is -2.35. The molecule has 1 aliphatic rings. The number of nitrogens with zero attached hydrogens (tertiary/aromatic N) is 1. The number of carbonyl (C=O) groups excluding carboxylic acids is 2. The number of primary amides is 1. The summed E-state index contributed by atoms with van der Waals surface area (Å²) in [6.07, 6.45) is 2.82. The van der Waals surface area contributed by atoms with Crippen LogP contribution in [0.1, 0.15) is 36.0 Å². The second-order valence-corrected chi connectivity index (χ2v) is 5.80. The molecule has 2 amide bonds. The van der Waals surface area contributed by atoms with Crippen molar-refractivity contribution in [2.75, 3.05) is 6.54 Å². The summed E-state index contributed by atoms with van der Waals surface area (Å²) in [7, 11) is 0. The van der Waals surface area contributed by atoms with Crippen LogP contribution in [0.5, 0.6) is 0 Å². The van der Waals surface area contributed by atoms with Crippen LogP contribution in [0.3, 0.4) is 0 Å². The third-order valence-electron chi connectivity index (χ3n) is 3.49. The van der Waals surface area contributed by atoms with Crippen molar-refractivity contribution in [3.8, 4) is 0 Å². The number of piperidine rings is 1. The molecule has 1 aromatic rings. The van der Waals surface area contributed by atoms with Crippen LogP contribution in [0, 0.1) is 5.82 Å². The van der Waals surface area contributed by atoms with Crippen LogP contribution in [0.4, 0.5) is 4.39 Å². The minimum Gasteiger partial charge on any atom is -0.370 e. The van der Waals surface area contributed by atoms with Crippen molar-refractivity contribution < 1.29 is 14.0 Å². The lowest BCUT2D eigenvalue weighted by molar-refractivity contribution is -0.119. The molecule has 20 heavy (non-hydrogen) atoms. The highest BCUT2D eigenvalue weighted by atomic mass is 79.9. The van der Waals surface area contributed by atoms with E-state index in [1.54, 1.807) is 4.90 Å². The fourth-order valence-corrected chi connectivity index (χ4v) is 3.05. The topological polar surface area (TPSA) is 63.4 Å². The van der Waals surface area contributed by atoms with Crippen LogP contribution in [-0.4, -0.2) is 29.3 Å². The van der Waals surface area contributed by atoms with E-state index in [4.69, 9.17) is 5.73 Å². The van der Waals surface area contributed by atoms with Crippen molar-refractivity contribution >= 4 is 27.7 Å². The van der Waals surface area contributed by atoms with Crippen molar-refractivity contribution in [1.82, 2.24) is 4.90 Å². The second-order valence-electron chi connectivity index (χ2n) is 4.94. The number of rotatable bonds is 3. The number of carbonyl (C=O) groups is 2. The van der Waals surface area contributed by atoms with Gasteiger partial charge in [-0.15, -0.1) is 0 Å². The number of hydrogen-bond donors (Lipinski definition) is 1. The Labute approximate surface area is 125 Å². The molecular weight excluding hydrogens is 327 g/mol. The second kappa shape index (κ2) is 6.35. The molecule has 0 aromatic heterocycles. The van der Waals surface area contributed by atoms with Gasteiger partial charge in [0, 0.05) is 23.5 Å². The van der Waals surface area contributed by atoms with Gasteiger partial charge in [0.25, 0.3) is 5.91 Å². The number of hydrogen-bond acceptors (Lipinski definition) is 2. The first-order chi connectivity index (χ1) is 9.49. The van der Waals surface area contributed by atoms with Gasteiger partial charge in [0.1, 0.15) is 5.82 Å². The highest BCUT2D eigenvalue weighted by molar-refractivity contribution is 9.10. The molecule has 1 heterocycles. The van der Waals surface area contributed by atoms with Gasteiger partial charge in [-0.05, 0) is 53.4 Å². The Balaban J connectivity index is 2.22. The Kier molecular flexibility index (Phi) is 4.75. The summed E-state index contributed by atoms with van der Waals surface area (Å²) in [5.41, 5.74) is 5.64. The highest BCUT2D eigenvalue weighted by Gasteiger charge is 2.29. The largest absolute Gasteiger partial charge is 0.370 e. The van der Waals surface area contributed by atoms with Gasteiger partial charge in [0.05, 0.1) is 5.56 Å². The highest BCUT2D eigenvalue weighted by Crippen LogP contribution is 2.25.